The second-order valence-electron chi connectivity index (χ2n) is 4.29. The molecule has 16 heavy (non-hydrogen) atoms. The van der Waals surface area contributed by atoms with Crippen molar-refractivity contribution in [3.05, 3.63) is 29.8 Å². The summed E-state index contributed by atoms with van der Waals surface area (Å²) >= 11 is 0. The highest BCUT2D eigenvalue weighted by atomic mass is 15.4. The summed E-state index contributed by atoms with van der Waals surface area (Å²) in [5, 5.41) is 6.80. The molecular weight excluding hydrogens is 198 g/mol. The van der Waals surface area contributed by atoms with Crippen LogP contribution in [-0.4, -0.2) is 23.8 Å². The van der Waals surface area contributed by atoms with Gasteiger partial charge in [0, 0.05) is 24.3 Å². The molecule has 1 heterocycles. The molecule has 2 N–H and O–H groups in total. The maximum absolute atomic E-state index is 5.93. The number of anilines is 1. The predicted molar refractivity (Wildman–Crippen MR) is 68.5 cm³/mol. The van der Waals surface area contributed by atoms with Gasteiger partial charge in [-0.2, -0.15) is 5.10 Å². The van der Waals surface area contributed by atoms with Crippen molar-refractivity contribution in [1.82, 2.24) is 5.01 Å². The minimum atomic E-state index is 0.806. The Morgan fingerprint density at radius 1 is 1.19 bits per heavy atom. The van der Waals surface area contributed by atoms with Crippen LogP contribution in [-0.2, 0) is 0 Å². The molecule has 0 amide bonds. The zero-order chi connectivity index (χ0) is 11.4. The van der Waals surface area contributed by atoms with Gasteiger partial charge in [-0.3, -0.25) is 5.01 Å². The van der Waals surface area contributed by atoms with Crippen LogP contribution in [0.2, 0.25) is 0 Å². The zero-order valence-corrected chi connectivity index (χ0v) is 9.82. The number of para-hydroxylation sites is 1. The van der Waals surface area contributed by atoms with Crippen molar-refractivity contribution >= 4 is 11.4 Å². The van der Waals surface area contributed by atoms with Gasteiger partial charge in [0.05, 0.1) is 5.71 Å². The van der Waals surface area contributed by atoms with Crippen LogP contribution in [0.25, 0.3) is 0 Å². The van der Waals surface area contributed by atoms with Crippen LogP contribution in [0.15, 0.2) is 29.4 Å². The lowest BCUT2D eigenvalue weighted by molar-refractivity contribution is 0.239. The van der Waals surface area contributed by atoms with Crippen LogP contribution in [0.3, 0.4) is 0 Å². The Labute approximate surface area is 96.9 Å². The maximum atomic E-state index is 5.93. The lowest BCUT2D eigenvalue weighted by atomic mass is 10.1. The van der Waals surface area contributed by atoms with E-state index in [-0.39, 0.29) is 0 Å². The van der Waals surface area contributed by atoms with Gasteiger partial charge in [-0.1, -0.05) is 18.2 Å². The largest absolute Gasteiger partial charge is 0.398 e. The predicted octanol–water partition coefficient (Wildman–Crippen LogP) is 2.48. The van der Waals surface area contributed by atoms with E-state index in [0.717, 1.165) is 30.1 Å². The van der Waals surface area contributed by atoms with Crippen LogP contribution >= 0.6 is 0 Å². The highest BCUT2D eigenvalue weighted by Crippen LogP contribution is 2.14. The third-order valence-corrected chi connectivity index (χ3v) is 2.97. The van der Waals surface area contributed by atoms with Crippen molar-refractivity contribution in [1.29, 1.82) is 0 Å². The quantitative estimate of drug-likeness (QED) is 0.611. The van der Waals surface area contributed by atoms with E-state index >= 15 is 0 Å². The summed E-state index contributed by atoms with van der Waals surface area (Å²) in [6, 6.07) is 7.90. The number of hydrogen-bond acceptors (Lipinski definition) is 3. The first-order valence-electron chi connectivity index (χ1n) is 5.92. The molecule has 0 atom stereocenters. The number of benzene rings is 1. The Bertz CT molecular complexity index is 379. The molecule has 1 fully saturated rings. The normalized spacial score (nSPS) is 17.6. The number of nitrogen functional groups attached to an aromatic ring is 1. The van der Waals surface area contributed by atoms with Gasteiger partial charge in [0.1, 0.15) is 0 Å². The molecule has 0 unspecified atom stereocenters. The van der Waals surface area contributed by atoms with Crippen LogP contribution in [0.4, 0.5) is 5.69 Å². The first kappa shape index (κ1) is 11.0. The highest BCUT2D eigenvalue weighted by molar-refractivity contribution is 6.02. The topological polar surface area (TPSA) is 41.6 Å². The second kappa shape index (κ2) is 5.01. The van der Waals surface area contributed by atoms with E-state index < -0.39 is 0 Å². The van der Waals surface area contributed by atoms with Crippen LogP contribution in [0.1, 0.15) is 31.7 Å². The Morgan fingerprint density at radius 3 is 2.56 bits per heavy atom. The third-order valence-electron chi connectivity index (χ3n) is 2.97. The van der Waals surface area contributed by atoms with E-state index in [1.807, 2.05) is 31.2 Å². The lowest BCUT2D eigenvalue weighted by Gasteiger charge is -2.24. The van der Waals surface area contributed by atoms with Crippen molar-refractivity contribution in [2.24, 2.45) is 5.10 Å². The first-order chi connectivity index (χ1) is 7.77. The molecule has 0 aliphatic carbocycles. The van der Waals surface area contributed by atoms with Crippen molar-refractivity contribution in [3.63, 3.8) is 0 Å². The van der Waals surface area contributed by atoms with Crippen LogP contribution in [0.5, 0.6) is 0 Å². The molecule has 1 saturated heterocycles. The van der Waals surface area contributed by atoms with Gasteiger partial charge in [0.2, 0.25) is 0 Å². The molecule has 0 saturated carbocycles. The number of nitrogens with zero attached hydrogens (tertiary/aromatic N) is 2. The molecule has 3 nitrogen and oxygen atoms in total. The third kappa shape index (κ3) is 2.54. The molecule has 1 aromatic carbocycles. The number of nitrogens with two attached hydrogens (primary N) is 1. The zero-order valence-electron chi connectivity index (χ0n) is 9.82. The van der Waals surface area contributed by atoms with Crippen LogP contribution < -0.4 is 5.73 Å². The Morgan fingerprint density at radius 2 is 1.88 bits per heavy atom. The summed E-state index contributed by atoms with van der Waals surface area (Å²) < 4.78 is 0. The van der Waals surface area contributed by atoms with Gasteiger partial charge in [0.25, 0.3) is 0 Å². The Hall–Kier alpha value is -1.51. The summed E-state index contributed by atoms with van der Waals surface area (Å²) in [6.07, 6.45) is 3.83. The average molecular weight is 217 g/mol. The summed E-state index contributed by atoms with van der Waals surface area (Å²) in [6.45, 7) is 4.18. The fourth-order valence-electron chi connectivity index (χ4n) is 2.07. The molecule has 0 radical (unpaired) electrons. The Balaban J connectivity index is 2.14. The molecular formula is C13H19N3. The maximum Gasteiger partial charge on any atom is 0.0667 e. The molecule has 1 aliphatic rings. The summed E-state index contributed by atoms with van der Waals surface area (Å²) in [5.74, 6) is 0. The molecule has 1 aromatic rings. The van der Waals surface area contributed by atoms with Gasteiger partial charge >= 0.3 is 0 Å². The van der Waals surface area contributed by atoms with Crippen molar-refractivity contribution in [2.45, 2.75) is 26.2 Å². The highest BCUT2D eigenvalue weighted by Gasteiger charge is 2.09. The van der Waals surface area contributed by atoms with E-state index in [1.165, 1.54) is 19.3 Å². The van der Waals surface area contributed by atoms with E-state index in [2.05, 4.69) is 10.1 Å². The minimum Gasteiger partial charge on any atom is -0.398 e. The number of hydrogen-bond donors (Lipinski definition) is 1. The average Bonchev–Trinajstić information content (AvgIpc) is 2.31. The van der Waals surface area contributed by atoms with Crippen LogP contribution in [0, 0.1) is 0 Å². The Kier molecular flexibility index (Phi) is 3.44. The second-order valence-corrected chi connectivity index (χ2v) is 4.29. The first-order valence-corrected chi connectivity index (χ1v) is 5.92. The van der Waals surface area contributed by atoms with Gasteiger partial charge in [-0.25, -0.2) is 0 Å². The summed E-state index contributed by atoms with van der Waals surface area (Å²) in [4.78, 5) is 0. The number of rotatable bonds is 2. The minimum absolute atomic E-state index is 0.806. The fraction of sp³-hybridized carbons (Fsp3) is 0.462. The molecule has 1 aliphatic heterocycles. The molecule has 0 bridgehead atoms. The van der Waals surface area contributed by atoms with E-state index in [0.29, 0.717) is 0 Å². The molecule has 2 rings (SSSR count). The smallest absolute Gasteiger partial charge is 0.0667 e. The lowest BCUT2D eigenvalue weighted by Crippen LogP contribution is -2.25. The standard InChI is InChI=1S/C13H19N3/c1-11(12-7-3-4-8-13(12)14)15-16-9-5-2-6-10-16/h3-4,7-8H,2,5-6,9-10,14H2,1H3/b15-11+. The molecule has 3 heteroatoms. The van der Waals surface area contributed by atoms with E-state index in [1.54, 1.807) is 0 Å². The summed E-state index contributed by atoms with van der Waals surface area (Å²) in [7, 11) is 0. The molecule has 0 aromatic heterocycles. The van der Waals surface area contributed by atoms with Gasteiger partial charge in [0.15, 0.2) is 0 Å². The number of piperidine rings is 1. The summed E-state index contributed by atoms with van der Waals surface area (Å²) in [5.41, 5.74) is 8.80. The van der Waals surface area contributed by atoms with Gasteiger partial charge in [-0.15, -0.1) is 0 Å². The monoisotopic (exact) mass is 217 g/mol. The van der Waals surface area contributed by atoms with Gasteiger partial charge < -0.3 is 5.73 Å². The van der Waals surface area contributed by atoms with E-state index in [4.69, 9.17) is 5.73 Å². The van der Waals surface area contributed by atoms with Crippen molar-refractivity contribution in [3.8, 4) is 0 Å². The van der Waals surface area contributed by atoms with E-state index in [9.17, 15) is 0 Å². The fourth-order valence-corrected chi connectivity index (χ4v) is 2.07. The van der Waals surface area contributed by atoms with Crippen molar-refractivity contribution in [2.75, 3.05) is 18.8 Å². The number of hydrazone groups is 1. The van der Waals surface area contributed by atoms with Crippen molar-refractivity contribution < 1.29 is 0 Å². The van der Waals surface area contributed by atoms with Gasteiger partial charge in [-0.05, 0) is 32.3 Å². The molecule has 86 valence electrons. The SMILES string of the molecule is C/C(=N\N1CCCCC1)c1ccccc1N. The molecule has 0 spiro atoms.